The van der Waals surface area contributed by atoms with Crippen LogP contribution in [0.25, 0.3) is 0 Å². The number of anilines is 1. The zero-order chi connectivity index (χ0) is 9.84. The summed E-state index contributed by atoms with van der Waals surface area (Å²) in [5.41, 5.74) is 1.00. The molecule has 1 aromatic rings. The first kappa shape index (κ1) is 9.98. The molecule has 1 rings (SSSR count). The van der Waals surface area contributed by atoms with Crippen molar-refractivity contribution in [2.24, 2.45) is 0 Å². The van der Waals surface area contributed by atoms with Crippen LogP contribution in [0.1, 0.15) is 5.56 Å². The molecule has 0 saturated heterocycles. The van der Waals surface area contributed by atoms with Crippen molar-refractivity contribution in [3.05, 3.63) is 22.3 Å². The van der Waals surface area contributed by atoms with Crippen LogP contribution >= 0.6 is 15.9 Å². The van der Waals surface area contributed by atoms with Crippen molar-refractivity contribution in [1.29, 1.82) is 0 Å². The Bertz CT molecular complexity index is 328. The topological polar surface area (TPSA) is 51.2 Å². The Hall–Kier alpha value is -1.10. The fourth-order valence-corrected chi connectivity index (χ4v) is 0.980. The third-order valence-corrected chi connectivity index (χ3v) is 2.29. The molecule has 0 aromatic carbocycles. The van der Waals surface area contributed by atoms with E-state index in [0.717, 1.165) is 10.0 Å². The molecular formula is C8H9BrN2O2. The Kier molecular flexibility index (Phi) is 3.25. The average molecular weight is 245 g/mol. The Labute approximate surface area is 84.4 Å². The predicted molar refractivity (Wildman–Crippen MR) is 52.7 cm³/mol. The summed E-state index contributed by atoms with van der Waals surface area (Å²) in [6, 6.07) is 1.75. The van der Waals surface area contributed by atoms with Crippen molar-refractivity contribution < 1.29 is 9.53 Å². The van der Waals surface area contributed by atoms with E-state index < -0.39 is 6.09 Å². The molecule has 1 N–H and O–H groups in total. The minimum Gasteiger partial charge on any atom is -0.453 e. The maximum atomic E-state index is 10.8. The van der Waals surface area contributed by atoms with Gasteiger partial charge in [-0.15, -0.1) is 0 Å². The molecule has 0 atom stereocenters. The van der Waals surface area contributed by atoms with Crippen LogP contribution in [0.3, 0.4) is 0 Å². The summed E-state index contributed by atoms with van der Waals surface area (Å²) in [6.45, 7) is 1.91. The van der Waals surface area contributed by atoms with E-state index in [1.165, 1.54) is 7.11 Å². The number of nitrogens with one attached hydrogen (secondary N) is 1. The van der Waals surface area contributed by atoms with Gasteiger partial charge < -0.3 is 4.74 Å². The number of carbonyl (C=O) groups is 1. The van der Waals surface area contributed by atoms with Gasteiger partial charge in [0.15, 0.2) is 0 Å². The summed E-state index contributed by atoms with van der Waals surface area (Å²) < 4.78 is 5.33. The number of rotatable bonds is 1. The SMILES string of the molecule is COC(=O)Nc1cc(C)c(Br)cn1. The first-order chi connectivity index (χ1) is 6.13. The van der Waals surface area contributed by atoms with Gasteiger partial charge in [0.2, 0.25) is 0 Å². The second kappa shape index (κ2) is 4.23. The summed E-state index contributed by atoms with van der Waals surface area (Å²) in [5.74, 6) is 0.479. The van der Waals surface area contributed by atoms with Gasteiger partial charge in [-0.3, -0.25) is 5.32 Å². The summed E-state index contributed by atoms with van der Waals surface area (Å²) in [6.07, 6.45) is 1.11. The number of amides is 1. The minimum absolute atomic E-state index is 0.479. The first-order valence-electron chi connectivity index (χ1n) is 3.60. The van der Waals surface area contributed by atoms with Gasteiger partial charge in [-0.05, 0) is 34.5 Å². The zero-order valence-electron chi connectivity index (χ0n) is 7.30. The molecule has 1 amide bonds. The lowest BCUT2D eigenvalue weighted by Gasteiger charge is -2.03. The van der Waals surface area contributed by atoms with Gasteiger partial charge in [0.1, 0.15) is 5.82 Å². The van der Waals surface area contributed by atoms with E-state index in [4.69, 9.17) is 0 Å². The van der Waals surface area contributed by atoms with Gasteiger partial charge in [0.25, 0.3) is 0 Å². The molecule has 4 nitrogen and oxygen atoms in total. The van der Waals surface area contributed by atoms with E-state index in [2.05, 4.69) is 31.0 Å². The highest BCUT2D eigenvalue weighted by Gasteiger charge is 2.02. The number of carbonyl (C=O) groups excluding carboxylic acids is 1. The predicted octanol–water partition coefficient (Wildman–Crippen LogP) is 2.33. The second-order valence-corrected chi connectivity index (χ2v) is 3.29. The van der Waals surface area contributed by atoms with E-state index >= 15 is 0 Å². The molecule has 0 saturated carbocycles. The molecule has 1 aromatic heterocycles. The molecule has 70 valence electrons. The molecule has 0 unspecified atom stereocenters. The van der Waals surface area contributed by atoms with Gasteiger partial charge in [-0.2, -0.15) is 0 Å². The molecule has 0 spiro atoms. The van der Waals surface area contributed by atoms with Gasteiger partial charge in [-0.25, -0.2) is 9.78 Å². The normalized spacial score (nSPS) is 9.46. The van der Waals surface area contributed by atoms with Gasteiger partial charge in [0, 0.05) is 10.7 Å². The van der Waals surface area contributed by atoms with E-state index in [9.17, 15) is 4.79 Å². The third kappa shape index (κ3) is 2.69. The van der Waals surface area contributed by atoms with Gasteiger partial charge in [-0.1, -0.05) is 0 Å². The fraction of sp³-hybridized carbons (Fsp3) is 0.250. The zero-order valence-corrected chi connectivity index (χ0v) is 8.88. The van der Waals surface area contributed by atoms with Crippen molar-refractivity contribution in [3.8, 4) is 0 Å². The molecule has 0 aliphatic carbocycles. The fourth-order valence-electron chi connectivity index (χ4n) is 0.763. The van der Waals surface area contributed by atoms with E-state index in [1.54, 1.807) is 12.3 Å². The van der Waals surface area contributed by atoms with Gasteiger partial charge >= 0.3 is 6.09 Å². The van der Waals surface area contributed by atoms with Crippen molar-refractivity contribution >= 4 is 27.8 Å². The molecule has 0 bridgehead atoms. The number of hydrogen-bond donors (Lipinski definition) is 1. The summed E-state index contributed by atoms with van der Waals surface area (Å²) in [5, 5.41) is 2.47. The van der Waals surface area contributed by atoms with E-state index in [1.807, 2.05) is 6.92 Å². The van der Waals surface area contributed by atoms with Crippen LogP contribution in [-0.4, -0.2) is 18.2 Å². The first-order valence-corrected chi connectivity index (χ1v) is 4.40. The van der Waals surface area contributed by atoms with Crippen LogP contribution < -0.4 is 5.32 Å². The Morgan fingerprint density at radius 2 is 2.38 bits per heavy atom. The molecule has 5 heteroatoms. The molecular weight excluding hydrogens is 236 g/mol. The van der Waals surface area contributed by atoms with Crippen molar-refractivity contribution in [2.45, 2.75) is 6.92 Å². The second-order valence-electron chi connectivity index (χ2n) is 2.44. The van der Waals surface area contributed by atoms with Crippen LogP contribution in [-0.2, 0) is 4.74 Å². The van der Waals surface area contributed by atoms with Crippen LogP contribution in [0.15, 0.2) is 16.7 Å². The Morgan fingerprint density at radius 1 is 1.69 bits per heavy atom. The molecule has 13 heavy (non-hydrogen) atoms. The van der Waals surface area contributed by atoms with Crippen molar-refractivity contribution in [3.63, 3.8) is 0 Å². The monoisotopic (exact) mass is 244 g/mol. The maximum Gasteiger partial charge on any atom is 0.412 e. The quantitative estimate of drug-likeness (QED) is 0.825. The Morgan fingerprint density at radius 3 is 2.92 bits per heavy atom. The lowest BCUT2D eigenvalue weighted by Crippen LogP contribution is -2.12. The number of methoxy groups -OCH3 is 1. The summed E-state index contributed by atoms with van der Waals surface area (Å²) in [7, 11) is 1.31. The number of pyridine rings is 1. The van der Waals surface area contributed by atoms with Crippen LogP contribution in [0.4, 0.5) is 10.6 Å². The number of aromatic nitrogens is 1. The molecule has 0 fully saturated rings. The molecule has 0 aliphatic rings. The standard InChI is InChI=1S/C8H9BrN2O2/c1-5-3-7(10-4-6(5)9)11-8(12)13-2/h3-4H,1-2H3,(H,10,11,12). The summed E-state index contributed by atoms with van der Waals surface area (Å²) >= 11 is 3.31. The number of hydrogen-bond acceptors (Lipinski definition) is 3. The minimum atomic E-state index is -0.519. The summed E-state index contributed by atoms with van der Waals surface area (Å²) in [4.78, 5) is 14.8. The molecule has 0 aliphatic heterocycles. The Balaban J connectivity index is 2.79. The lowest BCUT2D eigenvalue weighted by molar-refractivity contribution is 0.187. The third-order valence-electron chi connectivity index (χ3n) is 1.46. The van der Waals surface area contributed by atoms with Crippen LogP contribution in [0.2, 0.25) is 0 Å². The smallest absolute Gasteiger partial charge is 0.412 e. The number of ether oxygens (including phenoxy) is 1. The highest BCUT2D eigenvalue weighted by molar-refractivity contribution is 9.10. The number of halogens is 1. The average Bonchev–Trinajstić information content (AvgIpc) is 2.11. The lowest BCUT2D eigenvalue weighted by atomic mass is 10.3. The van der Waals surface area contributed by atoms with Crippen LogP contribution in [0, 0.1) is 6.92 Å². The van der Waals surface area contributed by atoms with Crippen LogP contribution in [0.5, 0.6) is 0 Å². The highest BCUT2D eigenvalue weighted by atomic mass is 79.9. The highest BCUT2D eigenvalue weighted by Crippen LogP contribution is 2.17. The molecule has 1 heterocycles. The number of aryl methyl sites for hydroxylation is 1. The largest absolute Gasteiger partial charge is 0.453 e. The van der Waals surface area contributed by atoms with Crippen molar-refractivity contribution in [2.75, 3.05) is 12.4 Å². The van der Waals surface area contributed by atoms with E-state index in [-0.39, 0.29) is 0 Å². The number of nitrogens with zero attached hydrogens (tertiary/aromatic N) is 1. The van der Waals surface area contributed by atoms with Crippen molar-refractivity contribution in [1.82, 2.24) is 4.98 Å². The maximum absolute atomic E-state index is 10.8. The van der Waals surface area contributed by atoms with Gasteiger partial charge in [0.05, 0.1) is 7.11 Å². The van der Waals surface area contributed by atoms with E-state index in [0.29, 0.717) is 5.82 Å². The molecule has 0 radical (unpaired) electrons.